The third-order valence-electron chi connectivity index (χ3n) is 3.73. The molecular formula is C19H28ClIN6O. The monoisotopic (exact) mass is 518 g/mol. The number of carbonyl (C=O) groups is 1. The predicted octanol–water partition coefficient (Wildman–Crippen LogP) is 2.97. The molecule has 0 spiro atoms. The van der Waals surface area contributed by atoms with Crippen molar-refractivity contribution >= 4 is 47.4 Å². The van der Waals surface area contributed by atoms with Crippen LogP contribution in [0, 0.1) is 5.92 Å². The number of aromatic nitrogens is 2. The molecule has 2 rings (SSSR count). The van der Waals surface area contributed by atoms with Crippen LogP contribution in [-0.4, -0.2) is 41.3 Å². The third-order valence-corrected chi connectivity index (χ3v) is 3.98. The van der Waals surface area contributed by atoms with E-state index in [1.807, 2.05) is 51.2 Å². The maximum atomic E-state index is 11.6. The first-order valence-electron chi connectivity index (χ1n) is 9.09. The van der Waals surface area contributed by atoms with Crippen LogP contribution >= 0.6 is 35.6 Å². The van der Waals surface area contributed by atoms with Crippen molar-refractivity contribution in [2.75, 3.05) is 19.6 Å². The fourth-order valence-electron chi connectivity index (χ4n) is 2.26. The van der Waals surface area contributed by atoms with Crippen LogP contribution < -0.4 is 16.0 Å². The van der Waals surface area contributed by atoms with Crippen LogP contribution in [0.5, 0.6) is 0 Å². The largest absolute Gasteiger partial charge is 0.357 e. The summed E-state index contributed by atoms with van der Waals surface area (Å²) in [6.07, 6.45) is 3.74. The Balaban J connectivity index is 0.00000392. The summed E-state index contributed by atoms with van der Waals surface area (Å²) < 4.78 is 1.79. The van der Waals surface area contributed by atoms with Crippen molar-refractivity contribution < 1.29 is 4.79 Å². The number of benzene rings is 1. The topological polar surface area (TPSA) is 83.3 Å². The van der Waals surface area contributed by atoms with Gasteiger partial charge in [0.15, 0.2) is 5.96 Å². The highest BCUT2D eigenvalue weighted by Gasteiger charge is 2.05. The van der Waals surface area contributed by atoms with Crippen molar-refractivity contribution in [3.8, 4) is 5.69 Å². The summed E-state index contributed by atoms with van der Waals surface area (Å²) >= 11 is 5.92. The smallest absolute Gasteiger partial charge is 0.222 e. The summed E-state index contributed by atoms with van der Waals surface area (Å²) in [5.74, 6) is 0.743. The number of nitrogens with zero attached hydrogens (tertiary/aromatic N) is 3. The molecule has 0 aliphatic heterocycles. The molecule has 0 saturated carbocycles. The highest BCUT2D eigenvalue weighted by molar-refractivity contribution is 14.0. The molecule has 1 amide bonds. The van der Waals surface area contributed by atoms with E-state index in [4.69, 9.17) is 11.6 Å². The van der Waals surface area contributed by atoms with Crippen molar-refractivity contribution in [2.24, 2.45) is 10.9 Å². The van der Waals surface area contributed by atoms with E-state index in [1.54, 1.807) is 10.9 Å². The van der Waals surface area contributed by atoms with E-state index in [-0.39, 0.29) is 35.8 Å². The second-order valence-corrected chi connectivity index (χ2v) is 6.77. The average Bonchev–Trinajstić information content (AvgIpc) is 3.12. The van der Waals surface area contributed by atoms with E-state index in [0.29, 0.717) is 30.6 Å². The first kappa shape index (κ1) is 24.2. The molecule has 2 aromatic rings. The van der Waals surface area contributed by atoms with Gasteiger partial charge in [-0.2, -0.15) is 5.10 Å². The third kappa shape index (κ3) is 8.05. The first-order chi connectivity index (χ1) is 13.0. The average molecular weight is 519 g/mol. The number of hydrogen-bond acceptors (Lipinski definition) is 3. The predicted molar refractivity (Wildman–Crippen MR) is 125 cm³/mol. The lowest BCUT2D eigenvalue weighted by Gasteiger charge is -2.12. The summed E-state index contributed by atoms with van der Waals surface area (Å²) in [7, 11) is 0. The molecule has 1 heterocycles. The molecule has 1 aromatic carbocycles. The summed E-state index contributed by atoms with van der Waals surface area (Å²) in [5, 5.41) is 14.3. The Hall–Kier alpha value is -1.81. The number of rotatable bonds is 8. The van der Waals surface area contributed by atoms with Gasteiger partial charge in [-0.05, 0) is 31.2 Å². The summed E-state index contributed by atoms with van der Waals surface area (Å²) in [5.41, 5.74) is 1.94. The number of carbonyl (C=O) groups excluding carboxylic acids is 1. The Morgan fingerprint density at radius 3 is 2.50 bits per heavy atom. The van der Waals surface area contributed by atoms with Crippen LogP contribution in [0.1, 0.15) is 26.3 Å². The second-order valence-electron chi connectivity index (χ2n) is 6.34. The van der Waals surface area contributed by atoms with Gasteiger partial charge in [0.25, 0.3) is 0 Å². The van der Waals surface area contributed by atoms with Crippen molar-refractivity contribution in [2.45, 2.75) is 27.3 Å². The van der Waals surface area contributed by atoms with E-state index >= 15 is 0 Å². The van der Waals surface area contributed by atoms with Crippen LogP contribution in [0.4, 0.5) is 0 Å². The lowest BCUT2D eigenvalue weighted by Crippen LogP contribution is -2.42. The minimum atomic E-state index is -0.0101. The molecule has 0 unspecified atom stereocenters. The second kappa shape index (κ2) is 12.6. The Bertz CT molecular complexity index is 760. The SMILES string of the molecule is CCNC(=NCc1cnn(-c2ccc(Cl)cc2)c1)NCCNC(=O)C(C)C.I. The zero-order valence-corrected chi connectivity index (χ0v) is 19.5. The van der Waals surface area contributed by atoms with E-state index < -0.39 is 0 Å². The van der Waals surface area contributed by atoms with Crippen molar-refractivity contribution in [1.29, 1.82) is 0 Å². The van der Waals surface area contributed by atoms with Crippen molar-refractivity contribution in [3.63, 3.8) is 0 Å². The summed E-state index contributed by atoms with van der Waals surface area (Å²) in [6, 6.07) is 7.50. The molecule has 28 heavy (non-hydrogen) atoms. The van der Waals surface area contributed by atoms with Gasteiger partial charge in [0.2, 0.25) is 5.91 Å². The van der Waals surface area contributed by atoms with Gasteiger partial charge in [0.05, 0.1) is 18.4 Å². The standard InChI is InChI=1S/C19H27ClN6O.HI/c1-4-21-19(23-10-9-22-18(27)14(2)3)24-11-15-12-25-26(13-15)17-7-5-16(20)6-8-17;/h5-8,12-14H,4,9-11H2,1-3H3,(H,22,27)(H2,21,23,24);1H. The molecule has 0 bridgehead atoms. The minimum absolute atomic E-state index is 0. The number of guanidine groups is 1. The number of nitrogens with one attached hydrogen (secondary N) is 3. The van der Waals surface area contributed by atoms with Gasteiger partial charge in [-0.15, -0.1) is 24.0 Å². The zero-order valence-electron chi connectivity index (χ0n) is 16.4. The lowest BCUT2D eigenvalue weighted by molar-refractivity contribution is -0.123. The molecule has 0 radical (unpaired) electrons. The highest BCUT2D eigenvalue weighted by Crippen LogP contribution is 2.13. The molecule has 0 aliphatic carbocycles. The van der Waals surface area contributed by atoms with Crippen LogP contribution in [0.2, 0.25) is 5.02 Å². The molecule has 154 valence electrons. The van der Waals surface area contributed by atoms with E-state index in [0.717, 1.165) is 17.8 Å². The number of halogens is 2. The van der Waals surface area contributed by atoms with Crippen LogP contribution in [0.15, 0.2) is 41.7 Å². The van der Waals surface area contributed by atoms with E-state index in [1.165, 1.54) is 0 Å². The number of amides is 1. The molecule has 0 fully saturated rings. The van der Waals surface area contributed by atoms with E-state index in [9.17, 15) is 4.79 Å². The molecule has 0 aliphatic rings. The van der Waals surface area contributed by atoms with Gasteiger partial charge in [0, 0.05) is 42.3 Å². The molecule has 0 atom stereocenters. The minimum Gasteiger partial charge on any atom is -0.357 e. The Morgan fingerprint density at radius 2 is 1.86 bits per heavy atom. The van der Waals surface area contributed by atoms with Gasteiger partial charge >= 0.3 is 0 Å². The summed E-state index contributed by atoms with van der Waals surface area (Å²) in [4.78, 5) is 16.1. The molecule has 1 aromatic heterocycles. The highest BCUT2D eigenvalue weighted by atomic mass is 127. The number of hydrogen-bond donors (Lipinski definition) is 3. The Kier molecular flexibility index (Phi) is 10.9. The van der Waals surface area contributed by atoms with Crippen molar-refractivity contribution in [1.82, 2.24) is 25.7 Å². The maximum Gasteiger partial charge on any atom is 0.222 e. The van der Waals surface area contributed by atoms with Crippen molar-refractivity contribution in [3.05, 3.63) is 47.2 Å². The van der Waals surface area contributed by atoms with Gasteiger partial charge in [-0.3, -0.25) is 4.79 Å². The molecular weight excluding hydrogens is 491 g/mol. The first-order valence-corrected chi connectivity index (χ1v) is 9.46. The van der Waals surface area contributed by atoms with Gasteiger partial charge in [-0.25, -0.2) is 9.67 Å². The quantitative estimate of drug-likeness (QED) is 0.217. The maximum absolute atomic E-state index is 11.6. The Morgan fingerprint density at radius 1 is 1.18 bits per heavy atom. The van der Waals surface area contributed by atoms with Gasteiger partial charge in [0.1, 0.15) is 0 Å². The van der Waals surface area contributed by atoms with Crippen LogP contribution in [0.25, 0.3) is 5.69 Å². The van der Waals surface area contributed by atoms with Gasteiger partial charge in [-0.1, -0.05) is 25.4 Å². The Labute approximate surface area is 188 Å². The summed E-state index contributed by atoms with van der Waals surface area (Å²) in [6.45, 7) is 8.17. The molecule has 9 heteroatoms. The fraction of sp³-hybridized carbons (Fsp3) is 0.421. The molecule has 3 N–H and O–H groups in total. The van der Waals surface area contributed by atoms with Crippen LogP contribution in [-0.2, 0) is 11.3 Å². The van der Waals surface area contributed by atoms with E-state index in [2.05, 4.69) is 26.0 Å². The zero-order chi connectivity index (χ0) is 19.6. The number of aliphatic imine (C=N–C) groups is 1. The fourth-order valence-corrected chi connectivity index (χ4v) is 2.39. The lowest BCUT2D eigenvalue weighted by atomic mass is 10.2. The van der Waals surface area contributed by atoms with Crippen LogP contribution in [0.3, 0.4) is 0 Å². The molecule has 7 nitrogen and oxygen atoms in total. The van der Waals surface area contributed by atoms with Gasteiger partial charge < -0.3 is 16.0 Å². The normalized spacial score (nSPS) is 11.1. The molecule has 0 saturated heterocycles.